The standard InChI is InChI=1S/C21H26N6O4/c1-3-31-19(29)13-27-21(24-25-26-27)20(16-7-8-18(30-2)17(28)10-16)23-12-15-6-4-5-14(9-15)11-22/h4-10,20,23,28H,3,11-13,22H2,1-2H3. The Labute approximate surface area is 180 Å². The van der Waals surface area contributed by atoms with Gasteiger partial charge in [0.1, 0.15) is 6.54 Å². The maximum absolute atomic E-state index is 12.0. The lowest BCUT2D eigenvalue weighted by Crippen LogP contribution is -2.27. The van der Waals surface area contributed by atoms with Gasteiger partial charge in [-0.15, -0.1) is 5.10 Å². The van der Waals surface area contributed by atoms with E-state index in [1.54, 1.807) is 25.1 Å². The van der Waals surface area contributed by atoms with E-state index in [0.717, 1.165) is 11.1 Å². The average Bonchev–Trinajstić information content (AvgIpc) is 3.22. The highest BCUT2D eigenvalue weighted by Gasteiger charge is 2.23. The van der Waals surface area contributed by atoms with E-state index in [-0.39, 0.29) is 18.9 Å². The first-order chi connectivity index (χ1) is 15.0. The number of tetrazole rings is 1. The van der Waals surface area contributed by atoms with Crippen LogP contribution in [0.1, 0.15) is 35.5 Å². The highest BCUT2D eigenvalue weighted by Crippen LogP contribution is 2.31. The van der Waals surface area contributed by atoms with Gasteiger partial charge in [-0.25, -0.2) is 4.68 Å². The molecule has 2 aromatic carbocycles. The van der Waals surface area contributed by atoms with Gasteiger partial charge in [-0.05, 0) is 46.2 Å². The first-order valence-corrected chi connectivity index (χ1v) is 9.85. The van der Waals surface area contributed by atoms with Gasteiger partial charge in [0.25, 0.3) is 0 Å². The quantitative estimate of drug-likeness (QED) is 0.409. The second-order valence-corrected chi connectivity index (χ2v) is 6.77. The van der Waals surface area contributed by atoms with E-state index in [9.17, 15) is 9.90 Å². The van der Waals surface area contributed by atoms with E-state index in [1.165, 1.54) is 11.8 Å². The van der Waals surface area contributed by atoms with Crippen LogP contribution in [0.2, 0.25) is 0 Å². The summed E-state index contributed by atoms with van der Waals surface area (Å²) in [5.41, 5.74) is 8.49. The van der Waals surface area contributed by atoms with Gasteiger partial charge in [0.15, 0.2) is 17.3 Å². The summed E-state index contributed by atoms with van der Waals surface area (Å²) >= 11 is 0. The lowest BCUT2D eigenvalue weighted by molar-refractivity contribution is -0.144. The van der Waals surface area contributed by atoms with Crippen LogP contribution in [-0.4, -0.2) is 45.0 Å². The Balaban J connectivity index is 1.92. The molecule has 164 valence electrons. The number of aromatic hydroxyl groups is 1. The molecule has 4 N–H and O–H groups in total. The largest absolute Gasteiger partial charge is 0.504 e. The molecule has 3 aromatic rings. The summed E-state index contributed by atoms with van der Waals surface area (Å²) in [7, 11) is 1.48. The Kier molecular flexibility index (Phi) is 7.52. The summed E-state index contributed by atoms with van der Waals surface area (Å²) in [6.45, 7) is 2.80. The van der Waals surface area contributed by atoms with Crippen LogP contribution in [-0.2, 0) is 29.2 Å². The number of nitrogens with two attached hydrogens (primary N) is 1. The molecule has 0 spiro atoms. The molecule has 0 aliphatic heterocycles. The summed E-state index contributed by atoms with van der Waals surface area (Å²) in [5, 5.41) is 25.5. The zero-order valence-electron chi connectivity index (χ0n) is 17.5. The number of phenolic OH excluding ortho intramolecular Hbond substituents is 1. The molecule has 1 heterocycles. The molecule has 31 heavy (non-hydrogen) atoms. The first kappa shape index (κ1) is 22.2. The number of aromatic nitrogens is 4. The molecule has 0 amide bonds. The van der Waals surface area contributed by atoms with E-state index >= 15 is 0 Å². The van der Waals surface area contributed by atoms with Crippen molar-refractivity contribution in [3.05, 3.63) is 65.0 Å². The predicted octanol–water partition coefficient (Wildman–Crippen LogP) is 1.29. The van der Waals surface area contributed by atoms with Gasteiger partial charge in [-0.2, -0.15) is 0 Å². The number of esters is 1. The SMILES string of the molecule is CCOC(=O)Cn1nnnc1C(NCc1cccc(CN)c1)c1ccc(OC)c(O)c1. The van der Waals surface area contributed by atoms with Crippen LogP contribution in [0.5, 0.6) is 11.5 Å². The Bertz CT molecular complexity index is 1020. The molecule has 1 aromatic heterocycles. The molecule has 1 unspecified atom stereocenters. The third-order valence-electron chi connectivity index (χ3n) is 4.68. The Morgan fingerprint density at radius 3 is 2.77 bits per heavy atom. The molecule has 0 aliphatic carbocycles. The molecule has 0 saturated carbocycles. The minimum absolute atomic E-state index is 0.0126. The summed E-state index contributed by atoms with van der Waals surface area (Å²) in [4.78, 5) is 12.0. The normalized spacial score (nSPS) is 11.8. The number of benzene rings is 2. The number of methoxy groups -OCH3 is 1. The van der Waals surface area contributed by atoms with E-state index in [0.29, 0.717) is 30.2 Å². The monoisotopic (exact) mass is 426 g/mol. The van der Waals surface area contributed by atoms with E-state index in [4.69, 9.17) is 15.2 Å². The Morgan fingerprint density at radius 1 is 1.26 bits per heavy atom. The fourth-order valence-electron chi connectivity index (χ4n) is 3.19. The third-order valence-corrected chi connectivity index (χ3v) is 4.68. The topological polar surface area (TPSA) is 137 Å². The van der Waals surface area contributed by atoms with Crippen LogP contribution in [0.25, 0.3) is 0 Å². The average molecular weight is 426 g/mol. The minimum atomic E-state index is -0.511. The first-order valence-electron chi connectivity index (χ1n) is 9.85. The lowest BCUT2D eigenvalue weighted by Gasteiger charge is -2.19. The second kappa shape index (κ2) is 10.5. The van der Waals surface area contributed by atoms with Crippen molar-refractivity contribution in [2.75, 3.05) is 13.7 Å². The molecule has 3 rings (SSSR count). The summed E-state index contributed by atoms with van der Waals surface area (Å²) in [5.74, 6) is 0.307. The number of ether oxygens (including phenoxy) is 2. The maximum Gasteiger partial charge on any atom is 0.327 e. The van der Waals surface area contributed by atoms with Crippen molar-refractivity contribution in [2.45, 2.75) is 32.6 Å². The number of nitrogens with zero attached hydrogens (tertiary/aromatic N) is 4. The Hall–Kier alpha value is -3.50. The smallest absolute Gasteiger partial charge is 0.327 e. The molecule has 1 atom stereocenters. The second-order valence-electron chi connectivity index (χ2n) is 6.77. The van der Waals surface area contributed by atoms with Crippen LogP contribution in [0.3, 0.4) is 0 Å². The van der Waals surface area contributed by atoms with Crippen molar-refractivity contribution in [3.8, 4) is 11.5 Å². The highest BCUT2D eigenvalue weighted by molar-refractivity contribution is 5.69. The number of nitrogens with one attached hydrogen (secondary N) is 1. The molecular formula is C21H26N6O4. The van der Waals surface area contributed by atoms with Crippen LogP contribution in [0.4, 0.5) is 0 Å². The zero-order valence-corrected chi connectivity index (χ0v) is 17.5. The van der Waals surface area contributed by atoms with Crippen LogP contribution < -0.4 is 15.8 Å². The van der Waals surface area contributed by atoms with Crippen molar-refractivity contribution >= 4 is 5.97 Å². The van der Waals surface area contributed by atoms with Crippen LogP contribution in [0.15, 0.2) is 42.5 Å². The number of phenols is 1. The van der Waals surface area contributed by atoms with E-state index < -0.39 is 12.0 Å². The van der Waals surface area contributed by atoms with Crippen LogP contribution >= 0.6 is 0 Å². The van der Waals surface area contributed by atoms with E-state index in [1.807, 2.05) is 24.3 Å². The molecule has 10 nitrogen and oxygen atoms in total. The molecule has 10 heteroatoms. The van der Waals surface area contributed by atoms with Crippen molar-refractivity contribution < 1.29 is 19.4 Å². The molecule has 0 radical (unpaired) electrons. The van der Waals surface area contributed by atoms with Gasteiger partial charge in [-0.3, -0.25) is 10.1 Å². The zero-order chi connectivity index (χ0) is 22.2. The summed E-state index contributed by atoms with van der Waals surface area (Å²) in [6, 6.07) is 12.4. The highest BCUT2D eigenvalue weighted by atomic mass is 16.5. The summed E-state index contributed by atoms with van der Waals surface area (Å²) < 4.78 is 11.5. The van der Waals surface area contributed by atoms with Crippen molar-refractivity contribution in [2.24, 2.45) is 5.73 Å². The number of rotatable bonds is 10. The Morgan fingerprint density at radius 2 is 2.06 bits per heavy atom. The summed E-state index contributed by atoms with van der Waals surface area (Å²) in [6.07, 6.45) is 0. The maximum atomic E-state index is 12.0. The molecule has 0 saturated heterocycles. The van der Waals surface area contributed by atoms with Gasteiger partial charge in [0.2, 0.25) is 0 Å². The van der Waals surface area contributed by atoms with E-state index in [2.05, 4.69) is 20.8 Å². The molecule has 0 aliphatic rings. The fourth-order valence-corrected chi connectivity index (χ4v) is 3.19. The number of hydrogen-bond acceptors (Lipinski definition) is 9. The molecular weight excluding hydrogens is 400 g/mol. The number of hydrogen-bond donors (Lipinski definition) is 3. The van der Waals surface area contributed by atoms with Gasteiger partial charge < -0.3 is 20.3 Å². The third kappa shape index (κ3) is 5.56. The number of carbonyl (C=O) groups is 1. The van der Waals surface area contributed by atoms with Crippen LogP contribution in [0, 0.1) is 0 Å². The number of carbonyl (C=O) groups excluding carboxylic acids is 1. The minimum Gasteiger partial charge on any atom is -0.504 e. The lowest BCUT2D eigenvalue weighted by atomic mass is 10.0. The van der Waals surface area contributed by atoms with Crippen molar-refractivity contribution in [3.63, 3.8) is 0 Å². The van der Waals surface area contributed by atoms with Gasteiger partial charge in [-0.1, -0.05) is 30.3 Å². The predicted molar refractivity (Wildman–Crippen MR) is 112 cm³/mol. The van der Waals surface area contributed by atoms with Gasteiger partial charge in [0.05, 0.1) is 19.8 Å². The fraction of sp³-hybridized carbons (Fsp3) is 0.333. The van der Waals surface area contributed by atoms with Gasteiger partial charge >= 0.3 is 5.97 Å². The van der Waals surface area contributed by atoms with Gasteiger partial charge in [0, 0.05) is 13.1 Å². The van der Waals surface area contributed by atoms with Crippen molar-refractivity contribution in [1.82, 2.24) is 25.5 Å². The molecule has 0 bridgehead atoms. The molecule has 0 fully saturated rings. The van der Waals surface area contributed by atoms with Crippen molar-refractivity contribution in [1.29, 1.82) is 0 Å².